The summed E-state index contributed by atoms with van der Waals surface area (Å²) in [6, 6.07) is 5.87. The highest BCUT2D eigenvalue weighted by atomic mass is 35.5. The van der Waals surface area contributed by atoms with Crippen LogP contribution in [0.15, 0.2) is 23.4 Å². The molecule has 0 aliphatic heterocycles. The summed E-state index contributed by atoms with van der Waals surface area (Å²) in [5, 5.41) is 0.968. The third-order valence-corrected chi connectivity index (χ3v) is 3.30. The van der Waals surface area contributed by atoms with Crippen LogP contribution < -0.4 is 17.1 Å². The monoisotopic (exact) mass is 286 g/mol. The fourth-order valence-corrected chi connectivity index (χ4v) is 2.48. The molecule has 0 spiro atoms. The highest BCUT2D eigenvalue weighted by molar-refractivity contribution is 7.99. The molecular weight excluding hydrogens is 270 g/mol. The molecule has 1 aromatic carbocycles. The normalized spacial score (nSPS) is 10.7. The number of nitrogens with one attached hydrogen (secondary N) is 1. The SMILES string of the molecule is COc1ccc2nc(SCCN(C)C)[nH]c2c1.[Cl-]. The minimum atomic E-state index is 0. The molecule has 2 rings (SSSR count). The Morgan fingerprint density at radius 3 is 2.83 bits per heavy atom. The molecule has 0 aliphatic rings. The second-order valence-electron chi connectivity index (χ2n) is 4.08. The topological polar surface area (TPSA) is 41.1 Å². The molecule has 1 aromatic heterocycles. The maximum absolute atomic E-state index is 5.18. The number of fused-ring (bicyclic) bond motifs is 1. The van der Waals surface area contributed by atoms with Gasteiger partial charge in [-0.15, -0.1) is 0 Å². The Kier molecular flexibility index (Phi) is 5.78. The van der Waals surface area contributed by atoms with Crippen molar-refractivity contribution < 1.29 is 17.1 Å². The molecule has 1 N–H and O–H groups in total. The van der Waals surface area contributed by atoms with E-state index in [1.54, 1.807) is 18.9 Å². The molecule has 6 heteroatoms. The molecule has 0 unspecified atom stereocenters. The van der Waals surface area contributed by atoms with Crippen molar-refractivity contribution in [2.24, 2.45) is 0 Å². The van der Waals surface area contributed by atoms with Crippen LogP contribution in [0.3, 0.4) is 0 Å². The van der Waals surface area contributed by atoms with Crippen LogP contribution in [0.25, 0.3) is 11.0 Å². The van der Waals surface area contributed by atoms with Crippen molar-refractivity contribution in [3.05, 3.63) is 18.2 Å². The third kappa shape index (κ3) is 3.80. The molecule has 2 aromatic rings. The van der Waals surface area contributed by atoms with Crippen molar-refractivity contribution in [1.29, 1.82) is 0 Å². The number of imidazole rings is 1. The van der Waals surface area contributed by atoms with E-state index in [-0.39, 0.29) is 12.4 Å². The predicted molar refractivity (Wildman–Crippen MR) is 71.9 cm³/mol. The van der Waals surface area contributed by atoms with Crippen LogP contribution in [-0.2, 0) is 0 Å². The van der Waals surface area contributed by atoms with Gasteiger partial charge in [0.05, 0.1) is 18.1 Å². The molecule has 0 radical (unpaired) electrons. The van der Waals surface area contributed by atoms with Crippen LogP contribution in [0.5, 0.6) is 5.75 Å². The molecule has 4 nitrogen and oxygen atoms in total. The number of rotatable bonds is 5. The standard InChI is InChI=1S/C12H17N3OS.ClH/c1-15(2)6-7-17-12-13-10-5-4-9(16-3)8-11(10)14-12;/h4-5,8H,6-7H2,1-3H3,(H,13,14);1H/p-1. The Balaban J connectivity index is 0.00000162. The average molecular weight is 287 g/mol. The lowest BCUT2D eigenvalue weighted by atomic mass is 10.3. The lowest BCUT2D eigenvalue weighted by Crippen LogP contribution is -3.00. The quantitative estimate of drug-likeness (QED) is 0.733. The molecule has 18 heavy (non-hydrogen) atoms. The van der Waals surface area contributed by atoms with Crippen molar-refractivity contribution in [1.82, 2.24) is 14.9 Å². The van der Waals surface area contributed by atoms with Crippen LogP contribution >= 0.6 is 11.8 Å². The van der Waals surface area contributed by atoms with Crippen molar-refractivity contribution in [3.63, 3.8) is 0 Å². The fourth-order valence-electron chi connectivity index (χ4n) is 1.49. The Bertz CT molecular complexity index is 501. The molecule has 0 amide bonds. The fraction of sp³-hybridized carbons (Fsp3) is 0.417. The summed E-state index contributed by atoms with van der Waals surface area (Å²) >= 11 is 1.74. The molecule has 0 atom stereocenters. The lowest BCUT2D eigenvalue weighted by molar-refractivity contribution is -0.00000398. The van der Waals surface area contributed by atoms with E-state index in [1.807, 2.05) is 18.2 Å². The van der Waals surface area contributed by atoms with Gasteiger partial charge in [-0.25, -0.2) is 4.98 Å². The van der Waals surface area contributed by atoms with Gasteiger partial charge < -0.3 is 27.0 Å². The van der Waals surface area contributed by atoms with Crippen LogP contribution in [0.2, 0.25) is 0 Å². The van der Waals surface area contributed by atoms with Crippen LogP contribution in [0.4, 0.5) is 0 Å². The highest BCUT2D eigenvalue weighted by Gasteiger charge is 2.04. The molecule has 0 saturated carbocycles. The van der Waals surface area contributed by atoms with Gasteiger partial charge in [0.15, 0.2) is 5.16 Å². The summed E-state index contributed by atoms with van der Waals surface area (Å²) in [6.45, 7) is 1.05. The first-order valence-corrected chi connectivity index (χ1v) is 6.49. The van der Waals surface area contributed by atoms with E-state index in [9.17, 15) is 0 Å². The van der Waals surface area contributed by atoms with Crippen LogP contribution in [-0.4, -0.2) is 48.4 Å². The Morgan fingerprint density at radius 2 is 2.17 bits per heavy atom. The number of halogens is 1. The number of aromatic nitrogens is 2. The second kappa shape index (κ2) is 6.87. The number of H-pyrrole nitrogens is 1. The van der Waals surface area contributed by atoms with Gasteiger partial charge in [0.2, 0.25) is 0 Å². The molecule has 0 aliphatic carbocycles. The molecule has 0 fully saturated rings. The van der Waals surface area contributed by atoms with Crippen molar-refractivity contribution in [2.75, 3.05) is 33.5 Å². The predicted octanol–water partition coefficient (Wildman–Crippen LogP) is -0.771. The molecule has 0 bridgehead atoms. The van der Waals surface area contributed by atoms with E-state index in [2.05, 4.69) is 29.0 Å². The van der Waals surface area contributed by atoms with Crippen LogP contribution in [0, 0.1) is 0 Å². The first-order chi connectivity index (χ1) is 8.19. The number of thioether (sulfide) groups is 1. The van der Waals surface area contributed by atoms with E-state index in [0.29, 0.717) is 0 Å². The van der Waals surface area contributed by atoms with Crippen LogP contribution in [0.1, 0.15) is 0 Å². The zero-order valence-electron chi connectivity index (χ0n) is 10.7. The number of hydrogen-bond donors (Lipinski definition) is 1. The van der Waals surface area contributed by atoms with E-state index < -0.39 is 0 Å². The minimum Gasteiger partial charge on any atom is -1.00 e. The number of nitrogens with zero attached hydrogens (tertiary/aromatic N) is 2. The summed E-state index contributed by atoms with van der Waals surface area (Å²) < 4.78 is 5.18. The van der Waals surface area contributed by atoms with Crippen molar-refractivity contribution in [2.45, 2.75) is 5.16 Å². The number of benzene rings is 1. The van der Waals surface area contributed by atoms with E-state index >= 15 is 0 Å². The maximum Gasteiger partial charge on any atom is 0.166 e. The maximum atomic E-state index is 5.18. The van der Waals surface area contributed by atoms with Gasteiger partial charge in [-0.2, -0.15) is 0 Å². The summed E-state index contributed by atoms with van der Waals surface area (Å²) in [6.07, 6.45) is 0. The number of methoxy groups -OCH3 is 1. The third-order valence-electron chi connectivity index (χ3n) is 2.44. The van der Waals surface area contributed by atoms with E-state index in [0.717, 1.165) is 34.2 Å². The van der Waals surface area contributed by atoms with Gasteiger partial charge in [0, 0.05) is 18.4 Å². The number of aromatic amines is 1. The Hall–Kier alpha value is -0.910. The van der Waals surface area contributed by atoms with Gasteiger partial charge in [-0.3, -0.25) is 0 Å². The summed E-state index contributed by atoms with van der Waals surface area (Å²) in [4.78, 5) is 9.98. The lowest BCUT2D eigenvalue weighted by Gasteiger charge is -2.06. The van der Waals surface area contributed by atoms with Crippen molar-refractivity contribution >= 4 is 22.8 Å². The second-order valence-corrected chi connectivity index (χ2v) is 5.16. The number of hydrogen-bond acceptors (Lipinski definition) is 4. The van der Waals surface area contributed by atoms with E-state index in [4.69, 9.17) is 4.74 Å². The smallest absolute Gasteiger partial charge is 0.166 e. The molecule has 1 heterocycles. The zero-order chi connectivity index (χ0) is 12.3. The van der Waals surface area contributed by atoms with Gasteiger partial charge in [-0.05, 0) is 26.2 Å². The van der Waals surface area contributed by atoms with Gasteiger partial charge in [0.1, 0.15) is 5.75 Å². The van der Waals surface area contributed by atoms with Gasteiger partial charge in [0.25, 0.3) is 0 Å². The van der Waals surface area contributed by atoms with Gasteiger partial charge >= 0.3 is 0 Å². The summed E-state index contributed by atoms with van der Waals surface area (Å²) in [5.74, 6) is 1.88. The molecule has 100 valence electrons. The Labute approximate surface area is 118 Å². The largest absolute Gasteiger partial charge is 1.00 e. The minimum absolute atomic E-state index is 0. The molecular formula is C12H17ClN3OS-. The zero-order valence-corrected chi connectivity index (χ0v) is 12.3. The summed E-state index contributed by atoms with van der Waals surface area (Å²) in [5.41, 5.74) is 2.01. The highest BCUT2D eigenvalue weighted by Crippen LogP contribution is 2.22. The first kappa shape index (κ1) is 15.1. The average Bonchev–Trinajstić information content (AvgIpc) is 2.69. The summed E-state index contributed by atoms with van der Waals surface area (Å²) in [7, 11) is 5.82. The van der Waals surface area contributed by atoms with Gasteiger partial charge in [-0.1, -0.05) is 11.8 Å². The Morgan fingerprint density at radius 1 is 1.39 bits per heavy atom. The number of ether oxygens (including phenoxy) is 1. The van der Waals surface area contributed by atoms with Crippen molar-refractivity contribution in [3.8, 4) is 5.75 Å². The molecule has 0 saturated heterocycles. The first-order valence-electron chi connectivity index (χ1n) is 5.50. The van der Waals surface area contributed by atoms with E-state index in [1.165, 1.54) is 0 Å².